The van der Waals surface area contributed by atoms with Crippen molar-refractivity contribution in [2.75, 3.05) is 31.1 Å². The molecule has 2 fully saturated rings. The van der Waals surface area contributed by atoms with E-state index in [1.807, 2.05) is 12.1 Å². The molecule has 8 heteroatoms. The first-order valence-corrected chi connectivity index (χ1v) is 11.7. The minimum Gasteiger partial charge on any atom is -0.341 e. The normalized spacial score (nSPS) is 18.3. The van der Waals surface area contributed by atoms with E-state index >= 15 is 0 Å². The number of hydrogen-bond donors (Lipinski definition) is 1. The molecule has 0 radical (unpaired) electrons. The Morgan fingerprint density at radius 3 is 2.41 bits per heavy atom. The maximum Gasteiger partial charge on any atom is 0.334 e. The van der Waals surface area contributed by atoms with E-state index in [9.17, 15) is 9.59 Å². The van der Waals surface area contributed by atoms with Gasteiger partial charge in [-0.1, -0.05) is 25.5 Å². The number of aromatic amines is 1. The zero-order valence-corrected chi connectivity index (χ0v) is 18.6. The van der Waals surface area contributed by atoms with Crippen molar-refractivity contribution in [2.45, 2.75) is 51.5 Å². The summed E-state index contributed by atoms with van der Waals surface area (Å²) in [6, 6.07) is 8.08. The minimum atomic E-state index is -0.486. The smallest absolute Gasteiger partial charge is 0.334 e. The van der Waals surface area contributed by atoms with Crippen LogP contribution in [-0.2, 0) is 6.42 Å². The van der Waals surface area contributed by atoms with Gasteiger partial charge in [-0.25, -0.2) is 14.3 Å². The van der Waals surface area contributed by atoms with Crippen LogP contribution in [0, 0.1) is 0 Å². The summed E-state index contributed by atoms with van der Waals surface area (Å²) in [6.07, 6.45) is 8.59. The minimum absolute atomic E-state index is 0.296. The van der Waals surface area contributed by atoms with Gasteiger partial charge in [0.2, 0.25) is 5.95 Å². The quantitative estimate of drug-likeness (QED) is 0.679. The monoisotopic (exact) mass is 434 g/mol. The largest absolute Gasteiger partial charge is 0.341 e. The number of fused-ring (bicyclic) bond motifs is 1. The van der Waals surface area contributed by atoms with Gasteiger partial charge in [0, 0.05) is 25.3 Å². The third-order valence-corrected chi connectivity index (χ3v) is 6.90. The highest BCUT2D eigenvalue weighted by Crippen LogP contribution is 2.23. The third-order valence-electron chi connectivity index (χ3n) is 6.90. The number of rotatable bonds is 4. The van der Waals surface area contributed by atoms with Gasteiger partial charge in [0.05, 0.1) is 5.69 Å². The molecule has 0 spiro atoms. The van der Waals surface area contributed by atoms with Crippen molar-refractivity contribution < 1.29 is 0 Å². The third kappa shape index (κ3) is 3.95. The van der Waals surface area contributed by atoms with Gasteiger partial charge in [0.1, 0.15) is 5.39 Å². The second-order valence-corrected chi connectivity index (χ2v) is 8.84. The summed E-state index contributed by atoms with van der Waals surface area (Å²) < 4.78 is 1.15. The first kappa shape index (κ1) is 20.9. The number of hydrogen-bond acceptors (Lipinski definition) is 6. The molecule has 0 saturated carbocycles. The highest BCUT2D eigenvalue weighted by atomic mass is 16.2. The van der Waals surface area contributed by atoms with Gasteiger partial charge in [-0.15, -0.1) is 0 Å². The number of likely N-dealkylation sites (tertiary alicyclic amines) is 1. The number of anilines is 1. The Bertz CT molecular complexity index is 1200. The van der Waals surface area contributed by atoms with E-state index in [1.54, 1.807) is 18.3 Å². The van der Waals surface area contributed by atoms with Crippen molar-refractivity contribution in [3.05, 3.63) is 56.9 Å². The molecular formula is C24H30N6O2. The van der Waals surface area contributed by atoms with Crippen LogP contribution >= 0.6 is 0 Å². The molecule has 4 heterocycles. The number of H-pyrrole nitrogens is 1. The fraction of sp³-hybridized carbons (Fsp3) is 0.500. The van der Waals surface area contributed by atoms with E-state index in [0.717, 1.165) is 42.5 Å². The van der Waals surface area contributed by atoms with E-state index in [-0.39, 0.29) is 0 Å². The van der Waals surface area contributed by atoms with Crippen molar-refractivity contribution in [3.63, 3.8) is 0 Å². The molecular weight excluding hydrogens is 404 g/mol. The standard InChI is InChI=1S/C24H30N6O2/c1-2-17-6-8-19(9-7-17)30-22(31)20-16-25-23(26-21(20)27-24(30)32)29-14-10-18(11-15-29)28-12-4-3-5-13-28/h6-9,16,18H,2-5,10-15H2,1H3,(H,25,26,27,32). The predicted octanol–water partition coefficient (Wildman–Crippen LogP) is 2.49. The molecule has 0 bridgehead atoms. The van der Waals surface area contributed by atoms with Crippen LogP contribution in [0.1, 0.15) is 44.6 Å². The molecule has 5 rings (SSSR count). The molecule has 1 N–H and O–H groups in total. The summed E-state index contributed by atoms with van der Waals surface area (Å²) in [5.74, 6) is 0.578. The predicted molar refractivity (Wildman–Crippen MR) is 126 cm³/mol. The van der Waals surface area contributed by atoms with Gasteiger partial charge in [0.15, 0.2) is 5.65 Å². The fourth-order valence-corrected chi connectivity index (χ4v) is 4.98. The fourth-order valence-electron chi connectivity index (χ4n) is 4.98. The van der Waals surface area contributed by atoms with E-state index in [1.165, 1.54) is 32.4 Å². The molecule has 0 amide bonds. The van der Waals surface area contributed by atoms with Crippen LogP contribution in [-0.4, -0.2) is 56.6 Å². The average Bonchev–Trinajstić information content (AvgIpc) is 2.85. The first-order valence-electron chi connectivity index (χ1n) is 11.7. The highest BCUT2D eigenvalue weighted by molar-refractivity contribution is 5.73. The SMILES string of the molecule is CCc1ccc(-n2c(=O)[nH]c3nc(N4CCC(N5CCCCC5)CC4)ncc3c2=O)cc1. The Balaban J connectivity index is 1.39. The molecule has 2 aliphatic rings. The van der Waals surface area contributed by atoms with E-state index < -0.39 is 11.2 Å². The van der Waals surface area contributed by atoms with E-state index in [0.29, 0.717) is 28.7 Å². The van der Waals surface area contributed by atoms with Crippen LogP contribution in [0.3, 0.4) is 0 Å². The Labute approximate surface area is 186 Å². The first-order chi connectivity index (χ1) is 15.6. The van der Waals surface area contributed by atoms with E-state index in [2.05, 4.69) is 31.7 Å². The van der Waals surface area contributed by atoms with Gasteiger partial charge >= 0.3 is 5.69 Å². The van der Waals surface area contributed by atoms with Crippen molar-refractivity contribution in [3.8, 4) is 5.69 Å². The van der Waals surface area contributed by atoms with E-state index in [4.69, 9.17) is 0 Å². The number of nitrogens with zero attached hydrogens (tertiary/aromatic N) is 5. The van der Waals surface area contributed by atoms with Crippen LogP contribution in [0.25, 0.3) is 16.7 Å². The van der Waals surface area contributed by atoms with Crippen molar-refractivity contribution in [1.82, 2.24) is 24.4 Å². The van der Waals surface area contributed by atoms with Crippen LogP contribution < -0.4 is 16.1 Å². The number of aromatic nitrogens is 4. The lowest BCUT2D eigenvalue weighted by molar-refractivity contribution is 0.141. The lowest BCUT2D eigenvalue weighted by atomic mass is 10.0. The lowest BCUT2D eigenvalue weighted by Gasteiger charge is -2.40. The topological polar surface area (TPSA) is 87.1 Å². The number of piperidine rings is 2. The van der Waals surface area contributed by atoms with Gasteiger partial charge in [-0.2, -0.15) is 4.98 Å². The molecule has 2 aromatic heterocycles. The molecule has 0 aliphatic carbocycles. The van der Waals surface area contributed by atoms with Crippen LogP contribution in [0.5, 0.6) is 0 Å². The maximum absolute atomic E-state index is 13.1. The number of nitrogens with one attached hydrogen (secondary N) is 1. The summed E-state index contributed by atoms with van der Waals surface area (Å²) in [5, 5.41) is 0.316. The molecule has 0 unspecified atom stereocenters. The molecule has 32 heavy (non-hydrogen) atoms. The number of aryl methyl sites for hydroxylation is 1. The van der Waals surface area contributed by atoms with Crippen molar-refractivity contribution in [1.29, 1.82) is 0 Å². The molecule has 1 aromatic carbocycles. The summed E-state index contributed by atoms with van der Waals surface area (Å²) >= 11 is 0. The molecule has 8 nitrogen and oxygen atoms in total. The molecule has 0 atom stereocenters. The number of benzene rings is 1. The Morgan fingerprint density at radius 1 is 1.00 bits per heavy atom. The van der Waals surface area contributed by atoms with Crippen molar-refractivity contribution >= 4 is 17.0 Å². The van der Waals surface area contributed by atoms with Gasteiger partial charge < -0.3 is 9.80 Å². The average molecular weight is 435 g/mol. The summed E-state index contributed by atoms with van der Waals surface area (Å²) in [7, 11) is 0. The van der Waals surface area contributed by atoms with Gasteiger partial charge in [-0.05, 0) is 62.9 Å². The zero-order valence-electron chi connectivity index (χ0n) is 18.6. The second kappa shape index (κ2) is 8.86. The highest BCUT2D eigenvalue weighted by Gasteiger charge is 2.27. The van der Waals surface area contributed by atoms with Crippen LogP contribution in [0.2, 0.25) is 0 Å². The van der Waals surface area contributed by atoms with Gasteiger partial charge in [0.25, 0.3) is 5.56 Å². The Kier molecular flexibility index (Phi) is 5.78. The molecule has 3 aromatic rings. The molecule has 2 aliphatic heterocycles. The zero-order chi connectivity index (χ0) is 22.1. The molecule has 2 saturated heterocycles. The van der Waals surface area contributed by atoms with Crippen LogP contribution in [0.4, 0.5) is 5.95 Å². The van der Waals surface area contributed by atoms with Gasteiger partial charge in [-0.3, -0.25) is 9.78 Å². The van der Waals surface area contributed by atoms with Crippen LogP contribution in [0.15, 0.2) is 40.1 Å². The summed E-state index contributed by atoms with van der Waals surface area (Å²) in [4.78, 5) is 42.4. The maximum atomic E-state index is 13.1. The summed E-state index contributed by atoms with van der Waals surface area (Å²) in [5.41, 5.74) is 1.10. The summed E-state index contributed by atoms with van der Waals surface area (Å²) in [6.45, 7) is 6.27. The van der Waals surface area contributed by atoms with Crippen molar-refractivity contribution in [2.24, 2.45) is 0 Å². The molecule has 168 valence electrons. The Morgan fingerprint density at radius 2 is 1.72 bits per heavy atom. The lowest BCUT2D eigenvalue weighted by Crippen LogP contribution is -2.47. The second-order valence-electron chi connectivity index (χ2n) is 8.84. The Hall–Kier alpha value is -3.00.